The van der Waals surface area contributed by atoms with E-state index in [4.69, 9.17) is 4.74 Å². The van der Waals surface area contributed by atoms with E-state index in [1.165, 1.54) is 0 Å². The van der Waals surface area contributed by atoms with E-state index >= 15 is 0 Å². The van der Waals surface area contributed by atoms with Crippen molar-refractivity contribution in [1.82, 2.24) is 20.2 Å². The second kappa shape index (κ2) is 9.28. The average molecular weight is 408 g/mol. The number of methoxy groups -OCH3 is 1. The molecular formula is C23H29N5O2. The van der Waals surface area contributed by atoms with Gasteiger partial charge in [0.15, 0.2) is 0 Å². The van der Waals surface area contributed by atoms with Gasteiger partial charge in [-0.15, -0.1) is 0 Å². The molecule has 158 valence electrons. The number of H-pyrrole nitrogens is 1. The van der Waals surface area contributed by atoms with Crippen molar-refractivity contribution < 1.29 is 4.74 Å². The molecule has 0 amide bonds. The molecule has 3 aromatic rings. The molecule has 0 bridgehead atoms. The number of aromatic amines is 1. The quantitative estimate of drug-likeness (QED) is 0.523. The lowest BCUT2D eigenvalue weighted by atomic mass is 10.1. The van der Waals surface area contributed by atoms with Crippen LogP contribution in [0.5, 0.6) is 5.75 Å². The van der Waals surface area contributed by atoms with Gasteiger partial charge in [-0.05, 0) is 37.6 Å². The fraction of sp³-hybridized carbons (Fsp3) is 0.391. The molecule has 7 heteroatoms. The smallest absolute Gasteiger partial charge is 0.259 e. The zero-order valence-electron chi connectivity index (χ0n) is 17.6. The summed E-state index contributed by atoms with van der Waals surface area (Å²) in [5.41, 5.74) is 2.31. The minimum absolute atomic E-state index is 0.134. The lowest BCUT2D eigenvalue weighted by molar-refractivity contribution is 0.173. The predicted molar refractivity (Wildman–Crippen MR) is 121 cm³/mol. The maximum Gasteiger partial charge on any atom is 0.259 e. The van der Waals surface area contributed by atoms with Gasteiger partial charge in [-0.2, -0.15) is 0 Å². The highest BCUT2D eigenvalue weighted by atomic mass is 16.5. The molecule has 0 aliphatic carbocycles. The van der Waals surface area contributed by atoms with Crippen LogP contribution in [0.25, 0.3) is 22.3 Å². The van der Waals surface area contributed by atoms with Crippen molar-refractivity contribution in [3.63, 3.8) is 0 Å². The summed E-state index contributed by atoms with van der Waals surface area (Å²) in [5, 5.41) is 7.55. The van der Waals surface area contributed by atoms with Crippen molar-refractivity contribution >= 4 is 16.6 Å². The minimum Gasteiger partial charge on any atom is -0.497 e. The number of hydrogen-bond acceptors (Lipinski definition) is 6. The Bertz CT molecular complexity index is 1060. The van der Waals surface area contributed by atoms with Crippen LogP contribution in [0.4, 0.5) is 5.69 Å². The van der Waals surface area contributed by atoms with Gasteiger partial charge in [-0.25, -0.2) is 4.98 Å². The third kappa shape index (κ3) is 4.47. The summed E-state index contributed by atoms with van der Waals surface area (Å²) < 4.78 is 5.41. The lowest BCUT2D eigenvalue weighted by Crippen LogP contribution is -2.50. The molecule has 0 radical (unpaired) electrons. The van der Waals surface area contributed by atoms with E-state index in [0.29, 0.717) is 22.8 Å². The number of piperazine rings is 1. The number of nitrogens with zero attached hydrogens (tertiary/aromatic N) is 2. The monoisotopic (exact) mass is 407 g/mol. The Balaban J connectivity index is 1.53. The molecule has 1 unspecified atom stereocenters. The standard InChI is InChI=1S/C23H29N5O2/c1-16-15-24-11-13-28(16)12-5-10-25-21-14-17(30-2)8-9-18(21)22-26-20-7-4-3-6-19(20)23(29)27-22/h3-4,6-9,14,16,24-25H,5,10-13,15H2,1-2H3,(H,26,27,29). The van der Waals surface area contributed by atoms with Gasteiger partial charge < -0.3 is 20.4 Å². The predicted octanol–water partition coefficient (Wildman–Crippen LogP) is 2.69. The summed E-state index contributed by atoms with van der Waals surface area (Å²) in [6.07, 6.45) is 1.03. The zero-order chi connectivity index (χ0) is 20.9. The van der Waals surface area contributed by atoms with Gasteiger partial charge in [0.05, 0.1) is 18.0 Å². The van der Waals surface area contributed by atoms with E-state index in [9.17, 15) is 4.79 Å². The highest BCUT2D eigenvalue weighted by molar-refractivity contribution is 5.82. The molecular weight excluding hydrogens is 378 g/mol. The minimum atomic E-state index is -0.134. The summed E-state index contributed by atoms with van der Waals surface area (Å²) in [7, 11) is 1.65. The second-order valence-corrected chi connectivity index (χ2v) is 7.71. The molecule has 2 aromatic carbocycles. The first-order chi connectivity index (χ1) is 14.7. The number of benzene rings is 2. The van der Waals surface area contributed by atoms with E-state index in [1.807, 2.05) is 36.4 Å². The Morgan fingerprint density at radius 1 is 1.27 bits per heavy atom. The van der Waals surface area contributed by atoms with Crippen LogP contribution in [0.2, 0.25) is 0 Å². The van der Waals surface area contributed by atoms with Crippen LogP contribution in [0.15, 0.2) is 47.3 Å². The van der Waals surface area contributed by atoms with Crippen LogP contribution in [0, 0.1) is 0 Å². The van der Waals surface area contributed by atoms with E-state index in [0.717, 1.165) is 56.1 Å². The van der Waals surface area contributed by atoms with Gasteiger partial charge in [0.2, 0.25) is 0 Å². The lowest BCUT2D eigenvalue weighted by Gasteiger charge is -2.33. The summed E-state index contributed by atoms with van der Waals surface area (Å²) in [6.45, 7) is 7.34. The molecule has 1 saturated heterocycles. The number of anilines is 1. The van der Waals surface area contributed by atoms with Crippen LogP contribution in [0.1, 0.15) is 13.3 Å². The molecule has 3 N–H and O–H groups in total. The maximum atomic E-state index is 12.5. The van der Waals surface area contributed by atoms with Gasteiger partial charge in [0, 0.05) is 56.1 Å². The van der Waals surface area contributed by atoms with Crippen LogP contribution < -0.4 is 20.9 Å². The highest BCUT2D eigenvalue weighted by Crippen LogP contribution is 2.29. The summed E-state index contributed by atoms with van der Waals surface area (Å²) >= 11 is 0. The van der Waals surface area contributed by atoms with Gasteiger partial charge in [-0.1, -0.05) is 12.1 Å². The first kappa shape index (κ1) is 20.4. The summed E-state index contributed by atoms with van der Waals surface area (Å²) in [4.78, 5) is 22.7. The van der Waals surface area contributed by atoms with Crippen LogP contribution in [0.3, 0.4) is 0 Å². The number of rotatable bonds is 7. The molecule has 2 heterocycles. The SMILES string of the molecule is COc1ccc(-c2nc3ccccc3c(=O)[nH]2)c(NCCCN2CCNCC2C)c1. The Hall–Kier alpha value is -2.90. The van der Waals surface area contributed by atoms with Gasteiger partial charge in [0.25, 0.3) is 5.56 Å². The van der Waals surface area contributed by atoms with E-state index in [2.05, 4.69) is 32.4 Å². The fourth-order valence-corrected chi connectivity index (χ4v) is 3.94. The van der Waals surface area contributed by atoms with E-state index in [-0.39, 0.29) is 5.56 Å². The third-order valence-corrected chi connectivity index (χ3v) is 5.67. The fourth-order valence-electron chi connectivity index (χ4n) is 3.94. The van der Waals surface area contributed by atoms with Gasteiger partial charge in [-0.3, -0.25) is 9.69 Å². The zero-order valence-corrected chi connectivity index (χ0v) is 17.6. The molecule has 7 nitrogen and oxygen atoms in total. The van der Waals surface area contributed by atoms with Crippen molar-refractivity contribution in [2.75, 3.05) is 45.2 Å². The Kier molecular flexibility index (Phi) is 6.30. The van der Waals surface area contributed by atoms with Crippen LogP contribution >= 0.6 is 0 Å². The van der Waals surface area contributed by atoms with Crippen LogP contribution in [-0.2, 0) is 0 Å². The van der Waals surface area contributed by atoms with Crippen molar-refractivity contribution in [3.05, 3.63) is 52.8 Å². The average Bonchev–Trinajstić information content (AvgIpc) is 2.77. The van der Waals surface area contributed by atoms with Crippen molar-refractivity contribution in [1.29, 1.82) is 0 Å². The second-order valence-electron chi connectivity index (χ2n) is 7.71. The Labute approximate surface area is 176 Å². The number of fused-ring (bicyclic) bond motifs is 1. The molecule has 1 aromatic heterocycles. The number of para-hydroxylation sites is 1. The summed E-state index contributed by atoms with van der Waals surface area (Å²) in [6, 6.07) is 13.7. The Morgan fingerprint density at radius 2 is 2.13 bits per heavy atom. The normalized spacial score (nSPS) is 17.2. The first-order valence-electron chi connectivity index (χ1n) is 10.5. The maximum absolute atomic E-state index is 12.5. The van der Waals surface area contributed by atoms with E-state index in [1.54, 1.807) is 13.2 Å². The van der Waals surface area contributed by atoms with Crippen molar-refractivity contribution in [2.24, 2.45) is 0 Å². The topological polar surface area (TPSA) is 82.3 Å². The first-order valence-corrected chi connectivity index (χ1v) is 10.5. The molecule has 1 aliphatic rings. The van der Waals surface area contributed by atoms with Gasteiger partial charge in [0.1, 0.15) is 11.6 Å². The number of ether oxygens (including phenoxy) is 1. The van der Waals surface area contributed by atoms with Gasteiger partial charge >= 0.3 is 0 Å². The third-order valence-electron chi connectivity index (χ3n) is 5.67. The molecule has 1 atom stereocenters. The molecule has 30 heavy (non-hydrogen) atoms. The molecule has 1 fully saturated rings. The molecule has 1 aliphatic heterocycles. The molecule has 4 rings (SSSR count). The number of aromatic nitrogens is 2. The van der Waals surface area contributed by atoms with Crippen molar-refractivity contribution in [2.45, 2.75) is 19.4 Å². The number of nitrogens with one attached hydrogen (secondary N) is 3. The molecule has 0 spiro atoms. The number of hydrogen-bond donors (Lipinski definition) is 3. The Morgan fingerprint density at radius 3 is 2.97 bits per heavy atom. The summed E-state index contributed by atoms with van der Waals surface area (Å²) in [5.74, 6) is 1.32. The molecule has 0 saturated carbocycles. The van der Waals surface area contributed by atoms with Crippen molar-refractivity contribution in [3.8, 4) is 17.1 Å². The van der Waals surface area contributed by atoms with E-state index < -0.39 is 0 Å². The largest absolute Gasteiger partial charge is 0.497 e. The highest BCUT2D eigenvalue weighted by Gasteiger charge is 2.17. The van der Waals surface area contributed by atoms with Crippen LogP contribution in [-0.4, -0.2) is 60.7 Å².